The topological polar surface area (TPSA) is 36.9 Å². The normalized spacial score (nSPS) is 23.3. The van der Waals surface area contributed by atoms with Gasteiger partial charge in [-0.05, 0) is 19.3 Å². The summed E-state index contributed by atoms with van der Waals surface area (Å²) < 4.78 is 10.2. The van der Waals surface area contributed by atoms with E-state index >= 15 is 0 Å². The highest BCUT2D eigenvalue weighted by atomic mass is 17.2. The Hall–Kier alpha value is -0.160. The van der Waals surface area contributed by atoms with Crippen molar-refractivity contribution in [3.05, 3.63) is 0 Å². The molecule has 0 radical (unpaired) electrons. The Balaban J connectivity index is 1.86. The summed E-state index contributed by atoms with van der Waals surface area (Å²) in [7, 11) is 1.67. The zero-order chi connectivity index (χ0) is 9.36. The van der Waals surface area contributed by atoms with Crippen LogP contribution in [-0.2, 0) is 19.2 Å². The van der Waals surface area contributed by atoms with E-state index < -0.39 is 0 Å². The minimum Gasteiger partial charge on any atom is -0.385 e. The minimum absolute atomic E-state index is 0.156. The van der Waals surface area contributed by atoms with Gasteiger partial charge in [0.2, 0.25) is 0 Å². The van der Waals surface area contributed by atoms with Gasteiger partial charge in [-0.2, -0.15) is 0 Å². The lowest BCUT2D eigenvalue weighted by Crippen LogP contribution is -2.22. The van der Waals surface area contributed by atoms with E-state index in [0.29, 0.717) is 13.2 Å². The molecule has 1 atom stereocenters. The molecule has 1 fully saturated rings. The van der Waals surface area contributed by atoms with Crippen molar-refractivity contribution in [1.82, 2.24) is 0 Å². The second-order valence-corrected chi connectivity index (χ2v) is 3.06. The van der Waals surface area contributed by atoms with Crippen molar-refractivity contribution in [2.45, 2.75) is 32.0 Å². The first-order valence-corrected chi connectivity index (χ1v) is 4.82. The summed E-state index contributed by atoms with van der Waals surface area (Å²) in [6.45, 7) is 2.05. The fourth-order valence-corrected chi connectivity index (χ4v) is 1.17. The summed E-state index contributed by atoms with van der Waals surface area (Å²) in [6, 6.07) is 0. The second kappa shape index (κ2) is 7.26. The number of hydrogen-bond acceptors (Lipinski definition) is 4. The van der Waals surface area contributed by atoms with E-state index in [1.165, 1.54) is 0 Å². The molecule has 0 bridgehead atoms. The molecular weight excluding hydrogens is 172 g/mol. The van der Waals surface area contributed by atoms with E-state index in [2.05, 4.69) is 0 Å². The van der Waals surface area contributed by atoms with E-state index in [1.54, 1.807) is 7.11 Å². The van der Waals surface area contributed by atoms with Crippen molar-refractivity contribution in [1.29, 1.82) is 0 Å². The molecule has 0 aliphatic carbocycles. The van der Waals surface area contributed by atoms with Gasteiger partial charge in [-0.3, -0.25) is 0 Å². The molecule has 1 unspecified atom stereocenters. The average molecular weight is 190 g/mol. The SMILES string of the molecule is COCCCOOC1CCCCO1. The number of methoxy groups -OCH3 is 1. The molecule has 13 heavy (non-hydrogen) atoms. The molecule has 1 saturated heterocycles. The molecule has 0 N–H and O–H groups in total. The molecule has 0 saturated carbocycles. The first kappa shape index (κ1) is 10.9. The van der Waals surface area contributed by atoms with Gasteiger partial charge in [0, 0.05) is 26.7 Å². The first-order valence-electron chi connectivity index (χ1n) is 4.82. The third-order valence-electron chi connectivity index (χ3n) is 1.89. The Labute approximate surface area is 79.0 Å². The Bertz CT molecular complexity index is 112. The van der Waals surface area contributed by atoms with Crippen LogP contribution in [0.1, 0.15) is 25.7 Å². The number of hydrogen-bond donors (Lipinski definition) is 0. The number of ether oxygens (including phenoxy) is 2. The first-order chi connectivity index (χ1) is 6.43. The predicted molar refractivity (Wildman–Crippen MR) is 47.1 cm³/mol. The van der Waals surface area contributed by atoms with Crippen LogP contribution in [0, 0.1) is 0 Å². The van der Waals surface area contributed by atoms with Crippen LogP contribution >= 0.6 is 0 Å². The summed E-state index contributed by atoms with van der Waals surface area (Å²) in [5.74, 6) is 0. The molecule has 1 aliphatic rings. The van der Waals surface area contributed by atoms with Crippen LogP contribution in [0.3, 0.4) is 0 Å². The molecular formula is C9H18O4. The third kappa shape index (κ3) is 5.21. The maximum Gasteiger partial charge on any atom is 0.191 e. The lowest BCUT2D eigenvalue weighted by atomic mass is 10.2. The Morgan fingerprint density at radius 2 is 2.23 bits per heavy atom. The summed E-state index contributed by atoms with van der Waals surface area (Å²) in [6.07, 6.45) is 3.92. The van der Waals surface area contributed by atoms with Crippen LogP contribution in [-0.4, -0.2) is 33.2 Å². The van der Waals surface area contributed by atoms with E-state index in [1.807, 2.05) is 0 Å². The molecule has 1 aliphatic heterocycles. The van der Waals surface area contributed by atoms with Crippen molar-refractivity contribution < 1.29 is 19.2 Å². The monoisotopic (exact) mass is 190 g/mol. The van der Waals surface area contributed by atoms with Crippen molar-refractivity contribution >= 4 is 0 Å². The molecule has 1 rings (SSSR count). The molecule has 4 nitrogen and oxygen atoms in total. The van der Waals surface area contributed by atoms with Gasteiger partial charge in [-0.15, -0.1) is 0 Å². The van der Waals surface area contributed by atoms with Gasteiger partial charge in [0.25, 0.3) is 0 Å². The summed E-state index contributed by atoms with van der Waals surface area (Å²) in [5, 5.41) is 0. The molecule has 0 aromatic carbocycles. The van der Waals surface area contributed by atoms with Crippen LogP contribution in [0.4, 0.5) is 0 Å². The highest BCUT2D eigenvalue weighted by Crippen LogP contribution is 2.13. The van der Waals surface area contributed by atoms with Gasteiger partial charge in [0.1, 0.15) is 0 Å². The molecule has 4 heteroatoms. The summed E-state index contributed by atoms with van der Waals surface area (Å²) in [4.78, 5) is 10.0. The van der Waals surface area contributed by atoms with Crippen LogP contribution in [0.15, 0.2) is 0 Å². The minimum atomic E-state index is -0.156. The highest BCUT2D eigenvalue weighted by Gasteiger charge is 2.14. The smallest absolute Gasteiger partial charge is 0.191 e. The molecule has 78 valence electrons. The van der Waals surface area contributed by atoms with Crippen LogP contribution in [0.25, 0.3) is 0 Å². The molecule has 0 spiro atoms. The second-order valence-electron chi connectivity index (χ2n) is 3.06. The fourth-order valence-electron chi connectivity index (χ4n) is 1.17. The number of rotatable bonds is 6. The highest BCUT2D eigenvalue weighted by molar-refractivity contribution is 4.51. The standard InChI is InChI=1S/C9H18O4/c1-10-6-4-8-12-13-9-5-2-3-7-11-9/h9H,2-8H2,1H3. The van der Waals surface area contributed by atoms with Gasteiger partial charge in [0.05, 0.1) is 6.61 Å². The zero-order valence-electron chi connectivity index (χ0n) is 8.16. The van der Waals surface area contributed by atoms with Gasteiger partial charge in [-0.25, -0.2) is 9.78 Å². The van der Waals surface area contributed by atoms with Crippen molar-refractivity contribution in [2.24, 2.45) is 0 Å². The molecule has 0 aromatic heterocycles. The molecule has 0 aromatic rings. The lowest BCUT2D eigenvalue weighted by molar-refractivity contribution is -0.384. The van der Waals surface area contributed by atoms with E-state index in [-0.39, 0.29) is 6.29 Å². The van der Waals surface area contributed by atoms with Crippen LogP contribution in [0.5, 0.6) is 0 Å². The van der Waals surface area contributed by atoms with Gasteiger partial charge < -0.3 is 9.47 Å². The fraction of sp³-hybridized carbons (Fsp3) is 1.00. The van der Waals surface area contributed by atoms with E-state index in [4.69, 9.17) is 19.2 Å². The van der Waals surface area contributed by atoms with Crippen molar-refractivity contribution in [3.63, 3.8) is 0 Å². The van der Waals surface area contributed by atoms with Crippen molar-refractivity contribution in [3.8, 4) is 0 Å². The van der Waals surface area contributed by atoms with Crippen molar-refractivity contribution in [2.75, 3.05) is 26.9 Å². The largest absolute Gasteiger partial charge is 0.385 e. The van der Waals surface area contributed by atoms with Crippen LogP contribution < -0.4 is 0 Å². The Morgan fingerprint density at radius 1 is 1.31 bits per heavy atom. The molecule has 1 heterocycles. The maximum absolute atomic E-state index is 5.31. The van der Waals surface area contributed by atoms with Crippen LogP contribution in [0.2, 0.25) is 0 Å². The van der Waals surface area contributed by atoms with E-state index in [0.717, 1.165) is 32.3 Å². The maximum atomic E-state index is 5.31. The summed E-state index contributed by atoms with van der Waals surface area (Å²) >= 11 is 0. The summed E-state index contributed by atoms with van der Waals surface area (Å²) in [5.41, 5.74) is 0. The van der Waals surface area contributed by atoms with Gasteiger partial charge in [-0.1, -0.05) is 0 Å². The lowest BCUT2D eigenvalue weighted by Gasteiger charge is -2.21. The van der Waals surface area contributed by atoms with Gasteiger partial charge in [0.15, 0.2) is 6.29 Å². The Morgan fingerprint density at radius 3 is 2.92 bits per heavy atom. The average Bonchev–Trinajstić information content (AvgIpc) is 2.19. The van der Waals surface area contributed by atoms with E-state index in [9.17, 15) is 0 Å². The molecule has 0 amide bonds. The zero-order valence-corrected chi connectivity index (χ0v) is 8.16. The third-order valence-corrected chi connectivity index (χ3v) is 1.89. The van der Waals surface area contributed by atoms with Gasteiger partial charge >= 0.3 is 0 Å². The Kier molecular flexibility index (Phi) is 6.10. The predicted octanol–water partition coefficient (Wildman–Crippen LogP) is 1.50. The quantitative estimate of drug-likeness (QED) is 0.361.